The molecular formula is C13H14ClFN2S. The number of rotatable bonds is 3. The maximum absolute atomic E-state index is 13.8. The number of nitrogens with two attached hydrogens (primary N) is 1. The van der Waals surface area contributed by atoms with Gasteiger partial charge in [0.15, 0.2) is 0 Å². The maximum atomic E-state index is 13.8. The normalized spacial score (nSPS) is 13.0. The van der Waals surface area contributed by atoms with E-state index in [0.717, 1.165) is 5.69 Å². The van der Waals surface area contributed by atoms with Crippen molar-refractivity contribution in [2.45, 2.75) is 25.8 Å². The summed E-state index contributed by atoms with van der Waals surface area (Å²) in [7, 11) is 0. The van der Waals surface area contributed by atoms with E-state index in [4.69, 9.17) is 17.3 Å². The lowest BCUT2D eigenvalue weighted by Crippen LogP contribution is -2.14. The number of hydrogen-bond donors (Lipinski definition) is 1. The molecule has 18 heavy (non-hydrogen) atoms. The molecule has 1 unspecified atom stereocenters. The summed E-state index contributed by atoms with van der Waals surface area (Å²) in [4.78, 5) is 4.44. The Balaban J connectivity index is 2.38. The molecule has 0 saturated heterocycles. The van der Waals surface area contributed by atoms with E-state index < -0.39 is 11.9 Å². The average Bonchev–Trinajstić information content (AvgIpc) is 2.77. The molecular weight excluding hydrogens is 271 g/mol. The number of halogens is 2. The Labute approximate surface area is 115 Å². The van der Waals surface area contributed by atoms with Crippen LogP contribution in [0.5, 0.6) is 0 Å². The van der Waals surface area contributed by atoms with Gasteiger partial charge in [-0.2, -0.15) is 0 Å². The molecule has 5 heteroatoms. The van der Waals surface area contributed by atoms with Gasteiger partial charge >= 0.3 is 0 Å². The third-order valence-electron chi connectivity index (χ3n) is 2.71. The first-order valence-electron chi connectivity index (χ1n) is 5.65. The van der Waals surface area contributed by atoms with Crippen LogP contribution >= 0.6 is 22.9 Å². The summed E-state index contributed by atoms with van der Waals surface area (Å²) >= 11 is 7.44. The summed E-state index contributed by atoms with van der Waals surface area (Å²) in [6.45, 7) is 4.11. The lowest BCUT2D eigenvalue weighted by atomic mass is 10.1. The highest BCUT2D eigenvalue weighted by atomic mass is 35.5. The van der Waals surface area contributed by atoms with Crippen molar-refractivity contribution < 1.29 is 4.39 Å². The highest BCUT2D eigenvalue weighted by Crippen LogP contribution is 2.31. The largest absolute Gasteiger partial charge is 0.318 e. The fourth-order valence-corrected chi connectivity index (χ4v) is 2.91. The van der Waals surface area contributed by atoms with Gasteiger partial charge in [0.25, 0.3) is 0 Å². The van der Waals surface area contributed by atoms with Gasteiger partial charge in [0, 0.05) is 16.0 Å². The van der Waals surface area contributed by atoms with Crippen molar-refractivity contribution in [1.29, 1.82) is 0 Å². The number of hydrogen-bond acceptors (Lipinski definition) is 3. The quantitative estimate of drug-likeness (QED) is 0.921. The summed E-state index contributed by atoms with van der Waals surface area (Å²) in [5, 5.41) is 2.98. The van der Waals surface area contributed by atoms with Crippen LogP contribution in [0, 0.1) is 5.82 Å². The molecule has 0 amide bonds. The third-order valence-corrected chi connectivity index (χ3v) is 3.98. The molecule has 2 rings (SSSR count). The van der Waals surface area contributed by atoms with E-state index in [-0.39, 0.29) is 0 Å². The monoisotopic (exact) mass is 284 g/mol. The molecule has 0 bridgehead atoms. The lowest BCUT2D eigenvalue weighted by molar-refractivity contribution is 0.599. The standard InChI is InChI=1S/C13H14ClFN2S/c1-7(2)10-6-18-13(17-10)12(16)11-8(14)4-3-5-9(11)15/h3-7,12H,16H2,1-2H3. The van der Waals surface area contributed by atoms with E-state index in [2.05, 4.69) is 18.8 Å². The molecule has 2 nitrogen and oxygen atoms in total. The van der Waals surface area contributed by atoms with Gasteiger partial charge in [-0.25, -0.2) is 9.37 Å². The van der Waals surface area contributed by atoms with Gasteiger partial charge in [0.2, 0.25) is 0 Å². The van der Waals surface area contributed by atoms with Crippen molar-refractivity contribution >= 4 is 22.9 Å². The third kappa shape index (κ3) is 2.55. The molecule has 0 aliphatic rings. The number of nitrogens with zero attached hydrogens (tertiary/aromatic N) is 1. The Bertz CT molecular complexity index is 533. The van der Waals surface area contributed by atoms with Gasteiger partial charge in [0.05, 0.1) is 11.7 Å². The number of benzene rings is 1. The van der Waals surface area contributed by atoms with Crippen molar-refractivity contribution in [3.63, 3.8) is 0 Å². The first-order chi connectivity index (χ1) is 8.50. The minimum absolute atomic E-state index is 0.309. The molecule has 0 radical (unpaired) electrons. The molecule has 1 heterocycles. The molecule has 2 N–H and O–H groups in total. The molecule has 0 aliphatic carbocycles. The van der Waals surface area contributed by atoms with E-state index in [0.29, 0.717) is 21.5 Å². The van der Waals surface area contributed by atoms with Crippen LogP contribution in [-0.4, -0.2) is 4.98 Å². The van der Waals surface area contributed by atoms with Gasteiger partial charge in [-0.15, -0.1) is 11.3 Å². The smallest absolute Gasteiger partial charge is 0.129 e. The molecule has 1 aromatic carbocycles. The highest BCUT2D eigenvalue weighted by Gasteiger charge is 2.20. The summed E-state index contributed by atoms with van der Waals surface area (Å²) in [6, 6.07) is 3.95. The minimum Gasteiger partial charge on any atom is -0.318 e. The van der Waals surface area contributed by atoms with Crippen molar-refractivity contribution in [3.8, 4) is 0 Å². The highest BCUT2D eigenvalue weighted by molar-refractivity contribution is 7.09. The zero-order chi connectivity index (χ0) is 13.3. The van der Waals surface area contributed by atoms with E-state index >= 15 is 0 Å². The van der Waals surface area contributed by atoms with Crippen LogP contribution in [0.25, 0.3) is 0 Å². The predicted octanol–water partition coefficient (Wildman–Crippen LogP) is 4.11. The Morgan fingerprint density at radius 1 is 1.39 bits per heavy atom. The van der Waals surface area contributed by atoms with E-state index in [9.17, 15) is 4.39 Å². The van der Waals surface area contributed by atoms with Crippen molar-refractivity contribution in [1.82, 2.24) is 4.98 Å². The molecule has 1 atom stereocenters. The van der Waals surface area contributed by atoms with E-state index in [1.165, 1.54) is 17.4 Å². The Morgan fingerprint density at radius 3 is 2.67 bits per heavy atom. The Kier molecular flexibility index (Phi) is 4.00. The topological polar surface area (TPSA) is 38.9 Å². The number of aromatic nitrogens is 1. The first-order valence-corrected chi connectivity index (χ1v) is 6.91. The fraction of sp³-hybridized carbons (Fsp3) is 0.308. The molecule has 2 aromatic rings. The second-order valence-electron chi connectivity index (χ2n) is 4.38. The molecule has 0 fully saturated rings. The van der Waals surface area contributed by atoms with Crippen LogP contribution in [0.15, 0.2) is 23.6 Å². The van der Waals surface area contributed by atoms with Crippen LogP contribution in [-0.2, 0) is 0 Å². The second-order valence-corrected chi connectivity index (χ2v) is 5.68. The summed E-state index contributed by atoms with van der Waals surface area (Å²) < 4.78 is 13.8. The first kappa shape index (κ1) is 13.5. The van der Waals surface area contributed by atoms with Crippen LogP contribution in [0.3, 0.4) is 0 Å². The number of thiazole rings is 1. The fourth-order valence-electron chi connectivity index (χ4n) is 1.64. The summed E-state index contributed by atoms with van der Waals surface area (Å²) in [5.41, 5.74) is 7.33. The van der Waals surface area contributed by atoms with Crippen molar-refractivity contribution in [2.24, 2.45) is 5.73 Å². The van der Waals surface area contributed by atoms with Gasteiger partial charge in [-0.3, -0.25) is 0 Å². The molecule has 1 aromatic heterocycles. The van der Waals surface area contributed by atoms with Crippen LogP contribution in [0.2, 0.25) is 5.02 Å². The molecule has 0 saturated carbocycles. The van der Waals surface area contributed by atoms with Crippen LogP contribution in [0.1, 0.15) is 42.1 Å². The zero-order valence-corrected chi connectivity index (χ0v) is 11.7. The van der Waals surface area contributed by atoms with Gasteiger partial charge in [-0.1, -0.05) is 31.5 Å². The Hall–Kier alpha value is -0.970. The van der Waals surface area contributed by atoms with Crippen molar-refractivity contribution in [2.75, 3.05) is 0 Å². The molecule has 0 spiro atoms. The van der Waals surface area contributed by atoms with Crippen molar-refractivity contribution in [3.05, 3.63) is 50.7 Å². The Morgan fingerprint density at radius 2 is 2.11 bits per heavy atom. The predicted molar refractivity (Wildman–Crippen MR) is 73.6 cm³/mol. The summed E-state index contributed by atoms with van der Waals surface area (Å²) in [6.07, 6.45) is 0. The van der Waals surface area contributed by atoms with Gasteiger partial charge in [-0.05, 0) is 18.1 Å². The molecule has 0 aliphatic heterocycles. The van der Waals surface area contributed by atoms with E-state index in [1.807, 2.05) is 5.38 Å². The zero-order valence-electron chi connectivity index (χ0n) is 10.2. The van der Waals surface area contributed by atoms with Crippen LogP contribution < -0.4 is 5.73 Å². The van der Waals surface area contributed by atoms with E-state index in [1.54, 1.807) is 12.1 Å². The SMILES string of the molecule is CC(C)c1csc(C(N)c2c(F)cccc2Cl)n1. The van der Waals surface area contributed by atoms with Gasteiger partial charge in [0.1, 0.15) is 10.8 Å². The lowest BCUT2D eigenvalue weighted by Gasteiger charge is -2.12. The minimum atomic E-state index is -0.615. The average molecular weight is 285 g/mol. The second kappa shape index (κ2) is 5.34. The summed E-state index contributed by atoms with van der Waals surface area (Å²) in [5.74, 6) is -0.0606. The molecule has 96 valence electrons. The maximum Gasteiger partial charge on any atom is 0.129 e. The van der Waals surface area contributed by atoms with Gasteiger partial charge < -0.3 is 5.73 Å². The van der Waals surface area contributed by atoms with Crippen LogP contribution in [0.4, 0.5) is 4.39 Å².